The van der Waals surface area contributed by atoms with Crippen molar-refractivity contribution < 1.29 is 9.53 Å². The van der Waals surface area contributed by atoms with Crippen molar-refractivity contribution in [2.45, 2.75) is 29.7 Å². The molecule has 0 aliphatic carbocycles. The number of nitrogens with zero attached hydrogens (tertiary/aromatic N) is 3. The number of piperidine rings is 1. The van der Waals surface area contributed by atoms with E-state index in [-0.39, 0.29) is 18.4 Å². The number of esters is 1. The molecule has 3 rings (SSSR count). The first-order chi connectivity index (χ1) is 11.7. The van der Waals surface area contributed by atoms with Crippen molar-refractivity contribution in [2.24, 2.45) is 7.05 Å². The average molecular weight is 383 g/mol. The van der Waals surface area contributed by atoms with E-state index in [0.717, 1.165) is 48.2 Å². The summed E-state index contributed by atoms with van der Waals surface area (Å²) in [5.41, 5.74) is 1.71. The standard InChI is InChI=1S/C17H22N4O2S.ClH/c1-21-15(13-7-9-18-10-8-13)19-20-17(21)24-11-12-3-5-14(6-4-12)16(22)23-2;/h3-6,13,18H,7-11H2,1-2H3;1H. The number of nitrogens with one attached hydrogen (secondary N) is 1. The lowest BCUT2D eigenvalue weighted by Crippen LogP contribution is -2.27. The van der Waals surface area contributed by atoms with Gasteiger partial charge in [0.1, 0.15) is 5.82 Å². The summed E-state index contributed by atoms with van der Waals surface area (Å²) >= 11 is 1.66. The number of ether oxygens (including phenoxy) is 1. The summed E-state index contributed by atoms with van der Waals surface area (Å²) in [5.74, 6) is 2.06. The summed E-state index contributed by atoms with van der Waals surface area (Å²) in [6, 6.07) is 7.48. The van der Waals surface area contributed by atoms with Gasteiger partial charge in [-0.25, -0.2) is 4.79 Å². The van der Waals surface area contributed by atoms with Crippen molar-refractivity contribution in [3.8, 4) is 0 Å². The maximum atomic E-state index is 11.4. The molecule has 1 aliphatic heterocycles. The van der Waals surface area contributed by atoms with Crippen LogP contribution in [0.3, 0.4) is 0 Å². The van der Waals surface area contributed by atoms with Crippen LogP contribution in [0.2, 0.25) is 0 Å². The van der Waals surface area contributed by atoms with Gasteiger partial charge < -0.3 is 14.6 Å². The molecule has 1 aromatic carbocycles. The van der Waals surface area contributed by atoms with E-state index in [1.807, 2.05) is 19.2 Å². The van der Waals surface area contributed by atoms with Gasteiger partial charge in [0.15, 0.2) is 5.16 Å². The predicted octanol–water partition coefficient (Wildman–Crippen LogP) is 2.78. The predicted molar refractivity (Wildman–Crippen MR) is 100 cm³/mol. The van der Waals surface area contributed by atoms with Crippen LogP contribution >= 0.6 is 24.2 Å². The third-order valence-electron chi connectivity index (χ3n) is 4.32. The maximum Gasteiger partial charge on any atom is 0.337 e. The topological polar surface area (TPSA) is 69.0 Å². The van der Waals surface area contributed by atoms with Crippen LogP contribution in [0.5, 0.6) is 0 Å². The van der Waals surface area contributed by atoms with Crippen LogP contribution in [0.25, 0.3) is 0 Å². The second-order valence-electron chi connectivity index (χ2n) is 5.90. The van der Waals surface area contributed by atoms with E-state index in [1.165, 1.54) is 7.11 Å². The van der Waals surface area contributed by atoms with E-state index in [0.29, 0.717) is 11.5 Å². The highest BCUT2D eigenvalue weighted by atomic mass is 35.5. The first kappa shape index (κ1) is 19.8. The Morgan fingerprint density at radius 1 is 1.28 bits per heavy atom. The molecule has 0 bridgehead atoms. The fraction of sp³-hybridized carbons (Fsp3) is 0.471. The molecular formula is C17H23ClN4O2S. The van der Waals surface area contributed by atoms with Gasteiger partial charge in [0.05, 0.1) is 12.7 Å². The zero-order valence-corrected chi connectivity index (χ0v) is 16.0. The van der Waals surface area contributed by atoms with Crippen molar-refractivity contribution in [3.05, 3.63) is 41.2 Å². The number of hydrogen-bond acceptors (Lipinski definition) is 6. The van der Waals surface area contributed by atoms with Crippen LogP contribution in [0, 0.1) is 0 Å². The monoisotopic (exact) mass is 382 g/mol. The Labute approximate surface area is 158 Å². The molecule has 0 atom stereocenters. The van der Waals surface area contributed by atoms with Gasteiger partial charge in [-0.3, -0.25) is 0 Å². The summed E-state index contributed by atoms with van der Waals surface area (Å²) in [4.78, 5) is 11.4. The van der Waals surface area contributed by atoms with Gasteiger partial charge in [0.2, 0.25) is 0 Å². The Hall–Kier alpha value is -1.57. The number of halogens is 1. The molecule has 2 heterocycles. The fourth-order valence-electron chi connectivity index (χ4n) is 2.89. The van der Waals surface area contributed by atoms with Crippen LogP contribution in [0.1, 0.15) is 40.5 Å². The summed E-state index contributed by atoms with van der Waals surface area (Å²) < 4.78 is 6.83. The average Bonchev–Trinajstić information content (AvgIpc) is 3.01. The van der Waals surface area contributed by atoms with Gasteiger partial charge in [-0.2, -0.15) is 0 Å². The normalized spacial score (nSPS) is 14.8. The van der Waals surface area contributed by atoms with Crippen molar-refractivity contribution in [1.82, 2.24) is 20.1 Å². The molecule has 0 saturated carbocycles. The Morgan fingerprint density at radius 2 is 1.96 bits per heavy atom. The molecule has 6 nitrogen and oxygen atoms in total. The molecule has 1 fully saturated rings. The zero-order chi connectivity index (χ0) is 16.9. The Bertz CT molecular complexity index is 699. The molecule has 1 aromatic heterocycles. The first-order valence-corrected chi connectivity index (χ1v) is 9.07. The summed E-state index contributed by atoms with van der Waals surface area (Å²) in [5, 5.41) is 13.1. The Morgan fingerprint density at radius 3 is 2.60 bits per heavy atom. The van der Waals surface area contributed by atoms with Gasteiger partial charge in [0, 0.05) is 18.7 Å². The molecule has 2 aromatic rings. The molecule has 8 heteroatoms. The molecule has 0 amide bonds. The highest BCUT2D eigenvalue weighted by Gasteiger charge is 2.21. The molecule has 0 spiro atoms. The van der Waals surface area contributed by atoms with Crippen LogP contribution in [-0.2, 0) is 17.5 Å². The maximum absolute atomic E-state index is 11.4. The van der Waals surface area contributed by atoms with Crippen LogP contribution in [0.15, 0.2) is 29.4 Å². The third-order valence-corrected chi connectivity index (χ3v) is 5.41. The number of rotatable bonds is 5. The molecule has 136 valence electrons. The van der Waals surface area contributed by atoms with Crippen molar-refractivity contribution in [1.29, 1.82) is 0 Å². The number of benzene rings is 1. The van der Waals surface area contributed by atoms with E-state index >= 15 is 0 Å². The van der Waals surface area contributed by atoms with Gasteiger partial charge in [-0.05, 0) is 43.6 Å². The lowest BCUT2D eigenvalue weighted by atomic mass is 9.97. The lowest BCUT2D eigenvalue weighted by Gasteiger charge is -2.21. The lowest BCUT2D eigenvalue weighted by molar-refractivity contribution is 0.0600. The quantitative estimate of drug-likeness (QED) is 0.633. The van der Waals surface area contributed by atoms with Crippen LogP contribution in [-0.4, -0.2) is 40.9 Å². The summed E-state index contributed by atoms with van der Waals surface area (Å²) in [6.45, 7) is 2.10. The Kier molecular flexibility index (Phi) is 7.28. The number of carbonyl (C=O) groups excluding carboxylic acids is 1. The summed E-state index contributed by atoms with van der Waals surface area (Å²) in [7, 11) is 3.43. The Balaban J connectivity index is 0.00000225. The van der Waals surface area contributed by atoms with Crippen molar-refractivity contribution in [2.75, 3.05) is 20.2 Å². The van der Waals surface area contributed by atoms with Gasteiger partial charge in [-0.1, -0.05) is 23.9 Å². The number of thioether (sulfide) groups is 1. The second-order valence-corrected chi connectivity index (χ2v) is 6.84. The molecule has 1 N–H and O–H groups in total. The van der Waals surface area contributed by atoms with E-state index in [1.54, 1.807) is 23.9 Å². The molecule has 1 saturated heterocycles. The molecule has 0 unspecified atom stereocenters. The molecule has 0 radical (unpaired) electrons. The SMILES string of the molecule is COC(=O)c1ccc(CSc2nnc(C3CCNCC3)n2C)cc1.Cl. The highest BCUT2D eigenvalue weighted by Crippen LogP contribution is 2.27. The minimum atomic E-state index is -0.311. The third kappa shape index (κ3) is 4.74. The zero-order valence-electron chi connectivity index (χ0n) is 14.4. The molecule has 1 aliphatic rings. The van der Waals surface area contributed by atoms with Crippen LogP contribution < -0.4 is 5.32 Å². The van der Waals surface area contributed by atoms with Gasteiger partial charge in [-0.15, -0.1) is 22.6 Å². The van der Waals surface area contributed by atoms with E-state index in [9.17, 15) is 4.79 Å². The first-order valence-electron chi connectivity index (χ1n) is 8.09. The van der Waals surface area contributed by atoms with E-state index in [2.05, 4.69) is 20.1 Å². The number of hydrogen-bond donors (Lipinski definition) is 1. The largest absolute Gasteiger partial charge is 0.465 e. The van der Waals surface area contributed by atoms with Crippen molar-refractivity contribution in [3.63, 3.8) is 0 Å². The van der Waals surface area contributed by atoms with Crippen molar-refractivity contribution >= 4 is 30.1 Å². The van der Waals surface area contributed by atoms with Gasteiger partial charge in [0.25, 0.3) is 0 Å². The number of carbonyl (C=O) groups is 1. The number of methoxy groups -OCH3 is 1. The fourth-order valence-corrected chi connectivity index (χ4v) is 3.76. The molecule has 25 heavy (non-hydrogen) atoms. The molecular weight excluding hydrogens is 360 g/mol. The highest BCUT2D eigenvalue weighted by molar-refractivity contribution is 7.98. The van der Waals surface area contributed by atoms with Crippen LogP contribution in [0.4, 0.5) is 0 Å². The van der Waals surface area contributed by atoms with E-state index in [4.69, 9.17) is 4.74 Å². The van der Waals surface area contributed by atoms with Gasteiger partial charge >= 0.3 is 5.97 Å². The minimum Gasteiger partial charge on any atom is -0.465 e. The summed E-state index contributed by atoms with van der Waals surface area (Å²) in [6.07, 6.45) is 2.23. The van der Waals surface area contributed by atoms with E-state index < -0.39 is 0 Å². The number of aromatic nitrogens is 3. The smallest absolute Gasteiger partial charge is 0.337 e. The minimum absolute atomic E-state index is 0. The second kappa shape index (κ2) is 9.22.